The lowest BCUT2D eigenvalue weighted by Crippen LogP contribution is -2.40. The molecule has 0 saturated carbocycles. The van der Waals surface area contributed by atoms with Crippen LogP contribution < -0.4 is 5.32 Å². The number of hydrogen-bond donors (Lipinski definition) is 1. The van der Waals surface area contributed by atoms with E-state index < -0.39 is 0 Å². The van der Waals surface area contributed by atoms with Gasteiger partial charge in [0.15, 0.2) is 0 Å². The van der Waals surface area contributed by atoms with E-state index in [-0.39, 0.29) is 11.9 Å². The minimum absolute atomic E-state index is 0.0957. The van der Waals surface area contributed by atoms with E-state index >= 15 is 0 Å². The summed E-state index contributed by atoms with van der Waals surface area (Å²) in [5.74, 6) is 0.924. The number of nitrogens with zero attached hydrogens (tertiary/aromatic N) is 2. The first kappa shape index (κ1) is 13.9. The molecule has 106 valence electrons. The second-order valence-corrected chi connectivity index (χ2v) is 7.18. The van der Waals surface area contributed by atoms with Crippen LogP contribution in [0.5, 0.6) is 0 Å². The molecule has 20 heavy (non-hydrogen) atoms. The molecular formula is C13H13Cl2N3OS. The average Bonchev–Trinajstić information content (AvgIpc) is 2.90. The highest BCUT2D eigenvalue weighted by Crippen LogP contribution is 2.31. The Bertz CT molecular complexity index is 665. The van der Waals surface area contributed by atoms with Crippen molar-refractivity contribution in [2.24, 2.45) is 0 Å². The first-order valence-corrected chi connectivity index (χ1v) is 7.88. The molecule has 1 atom stereocenters. The molecule has 2 aromatic heterocycles. The fourth-order valence-electron chi connectivity index (χ4n) is 2.46. The number of carbonyl (C=O) groups excluding carboxylic acids is 1. The normalized spacial score (nSPS) is 17.9. The summed E-state index contributed by atoms with van der Waals surface area (Å²) < 4.78 is 3.06. The predicted molar refractivity (Wildman–Crippen MR) is 80.9 cm³/mol. The van der Waals surface area contributed by atoms with Crippen LogP contribution in [0.1, 0.15) is 28.3 Å². The molecule has 1 N–H and O–H groups in total. The number of halogens is 2. The van der Waals surface area contributed by atoms with E-state index in [2.05, 4.69) is 14.9 Å². The zero-order valence-electron chi connectivity index (χ0n) is 10.8. The molecule has 3 rings (SSSR count). The highest BCUT2D eigenvalue weighted by Gasteiger charge is 2.23. The van der Waals surface area contributed by atoms with Crippen molar-refractivity contribution >= 4 is 40.4 Å². The number of aryl methyl sites for hydroxylation is 2. The van der Waals surface area contributed by atoms with Gasteiger partial charge >= 0.3 is 0 Å². The molecule has 0 fully saturated rings. The fraction of sp³-hybridized carbons (Fsp3) is 0.385. The maximum Gasteiger partial charge on any atom is 0.253 e. The molecular weight excluding hydrogens is 317 g/mol. The summed E-state index contributed by atoms with van der Waals surface area (Å²) in [5, 5.41) is 3.02. The number of aromatic nitrogens is 2. The van der Waals surface area contributed by atoms with Gasteiger partial charge < -0.3 is 9.88 Å². The van der Waals surface area contributed by atoms with Gasteiger partial charge in [0.05, 0.1) is 15.6 Å². The van der Waals surface area contributed by atoms with Crippen molar-refractivity contribution in [3.8, 4) is 0 Å². The molecule has 0 spiro atoms. The first-order valence-electron chi connectivity index (χ1n) is 6.31. The third kappa shape index (κ3) is 2.71. The monoisotopic (exact) mass is 329 g/mol. The summed E-state index contributed by atoms with van der Waals surface area (Å²) in [4.78, 5) is 16.6. The van der Waals surface area contributed by atoms with Gasteiger partial charge in [-0.1, -0.05) is 23.2 Å². The summed E-state index contributed by atoms with van der Waals surface area (Å²) >= 11 is 13.1. The number of amides is 1. The van der Waals surface area contributed by atoms with Gasteiger partial charge in [0, 0.05) is 25.2 Å². The van der Waals surface area contributed by atoms with E-state index in [0.29, 0.717) is 14.2 Å². The number of imidazole rings is 1. The van der Waals surface area contributed by atoms with E-state index in [1.807, 2.05) is 13.1 Å². The standard InChI is InChI=1S/C13H13Cl2N3OS/c1-7-5-18-6-8(2-3-11(18)16-7)17-13(19)9-4-10(14)20-12(9)15/h4-5,8H,2-3,6H2,1H3,(H,17,19)/t8-/m1/s1. The molecule has 2 aromatic rings. The molecule has 0 unspecified atom stereocenters. The third-order valence-corrected chi connectivity index (χ3v) is 4.84. The van der Waals surface area contributed by atoms with E-state index in [0.717, 1.165) is 30.9 Å². The summed E-state index contributed by atoms with van der Waals surface area (Å²) in [5.41, 5.74) is 1.47. The van der Waals surface area contributed by atoms with Gasteiger partial charge in [-0.2, -0.15) is 0 Å². The second-order valence-electron chi connectivity index (χ2n) is 4.90. The van der Waals surface area contributed by atoms with Crippen molar-refractivity contribution in [3.05, 3.63) is 38.0 Å². The van der Waals surface area contributed by atoms with Crippen LogP contribution in [0.15, 0.2) is 12.3 Å². The molecule has 0 bridgehead atoms. The predicted octanol–water partition coefficient (Wildman–Crippen LogP) is 3.30. The highest BCUT2D eigenvalue weighted by atomic mass is 35.5. The van der Waals surface area contributed by atoms with Crippen LogP contribution in [0.4, 0.5) is 0 Å². The van der Waals surface area contributed by atoms with Crippen molar-refractivity contribution in [1.29, 1.82) is 0 Å². The third-order valence-electron chi connectivity index (χ3n) is 3.35. The van der Waals surface area contributed by atoms with Crippen LogP contribution >= 0.6 is 34.5 Å². The summed E-state index contributed by atoms with van der Waals surface area (Å²) in [7, 11) is 0. The van der Waals surface area contributed by atoms with Gasteiger partial charge in [-0.25, -0.2) is 4.98 Å². The van der Waals surface area contributed by atoms with E-state index in [1.165, 1.54) is 11.3 Å². The second kappa shape index (κ2) is 5.39. The van der Waals surface area contributed by atoms with Crippen LogP contribution in [0, 0.1) is 6.92 Å². The largest absolute Gasteiger partial charge is 0.347 e. The molecule has 1 aliphatic heterocycles. The van der Waals surface area contributed by atoms with Crippen LogP contribution in [0.25, 0.3) is 0 Å². The number of thiophene rings is 1. The molecule has 0 radical (unpaired) electrons. The number of nitrogens with one attached hydrogen (secondary N) is 1. The Morgan fingerprint density at radius 1 is 1.55 bits per heavy atom. The maximum absolute atomic E-state index is 12.2. The Hall–Kier alpha value is -1.04. The Morgan fingerprint density at radius 3 is 3.05 bits per heavy atom. The van der Waals surface area contributed by atoms with Gasteiger partial charge in [-0.15, -0.1) is 11.3 Å². The average molecular weight is 330 g/mol. The van der Waals surface area contributed by atoms with Crippen LogP contribution in [0.2, 0.25) is 8.67 Å². The van der Waals surface area contributed by atoms with E-state index in [1.54, 1.807) is 6.07 Å². The lowest BCUT2D eigenvalue weighted by atomic mass is 10.1. The van der Waals surface area contributed by atoms with Crippen LogP contribution in [-0.2, 0) is 13.0 Å². The number of hydrogen-bond acceptors (Lipinski definition) is 3. The minimum atomic E-state index is -0.163. The van der Waals surface area contributed by atoms with Gasteiger partial charge in [0.25, 0.3) is 5.91 Å². The lowest BCUT2D eigenvalue weighted by molar-refractivity contribution is 0.0928. The molecule has 1 amide bonds. The summed E-state index contributed by atoms with van der Waals surface area (Å²) in [6.45, 7) is 2.73. The molecule has 0 aliphatic carbocycles. The Morgan fingerprint density at radius 2 is 2.35 bits per heavy atom. The zero-order valence-corrected chi connectivity index (χ0v) is 13.1. The number of rotatable bonds is 2. The topological polar surface area (TPSA) is 46.9 Å². The number of fused-ring (bicyclic) bond motifs is 1. The SMILES string of the molecule is Cc1cn2c(n1)CC[C@@H](NC(=O)c1cc(Cl)sc1Cl)C2. The summed E-state index contributed by atoms with van der Waals surface area (Å²) in [6.07, 6.45) is 3.77. The first-order chi connectivity index (χ1) is 9.52. The number of carbonyl (C=O) groups is 1. The Labute approximate surface area is 130 Å². The van der Waals surface area contributed by atoms with Crippen molar-refractivity contribution in [2.45, 2.75) is 32.4 Å². The minimum Gasteiger partial charge on any atom is -0.347 e. The van der Waals surface area contributed by atoms with Crippen molar-refractivity contribution in [2.75, 3.05) is 0 Å². The summed E-state index contributed by atoms with van der Waals surface area (Å²) in [6, 6.07) is 1.71. The van der Waals surface area contributed by atoms with Crippen LogP contribution in [-0.4, -0.2) is 21.5 Å². The molecule has 3 heterocycles. The lowest BCUT2D eigenvalue weighted by Gasteiger charge is -2.24. The Balaban J connectivity index is 1.70. The zero-order chi connectivity index (χ0) is 14.3. The van der Waals surface area contributed by atoms with Crippen molar-refractivity contribution in [3.63, 3.8) is 0 Å². The Kier molecular flexibility index (Phi) is 3.75. The molecule has 4 nitrogen and oxygen atoms in total. The highest BCUT2D eigenvalue weighted by molar-refractivity contribution is 7.20. The van der Waals surface area contributed by atoms with E-state index in [9.17, 15) is 4.79 Å². The van der Waals surface area contributed by atoms with E-state index in [4.69, 9.17) is 23.2 Å². The van der Waals surface area contributed by atoms with Gasteiger partial charge in [0.2, 0.25) is 0 Å². The van der Waals surface area contributed by atoms with Crippen molar-refractivity contribution in [1.82, 2.24) is 14.9 Å². The van der Waals surface area contributed by atoms with Gasteiger partial charge in [-0.05, 0) is 19.4 Å². The molecule has 0 aromatic carbocycles. The molecule has 7 heteroatoms. The fourth-order valence-corrected chi connectivity index (χ4v) is 3.92. The van der Waals surface area contributed by atoms with Gasteiger partial charge in [-0.3, -0.25) is 4.79 Å². The molecule has 0 saturated heterocycles. The van der Waals surface area contributed by atoms with Gasteiger partial charge in [0.1, 0.15) is 10.2 Å². The smallest absolute Gasteiger partial charge is 0.253 e. The molecule has 1 aliphatic rings. The maximum atomic E-state index is 12.2. The van der Waals surface area contributed by atoms with Crippen molar-refractivity contribution < 1.29 is 4.79 Å². The van der Waals surface area contributed by atoms with Crippen LogP contribution in [0.3, 0.4) is 0 Å². The quantitative estimate of drug-likeness (QED) is 0.918.